The van der Waals surface area contributed by atoms with Crippen molar-refractivity contribution < 1.29 is 33.7 Å². The number of nitrogens with zero attached hydrogens (tertiary/aromatic N) is 6. The fourth-order valence-electron chi connectivity index (χ4n) is 5.03. The minimum atomic E-state index is -0.813. The highest BCUT2D eigenvalue weighted by Crippen LogP contribution is 2.27. The molecule has 2 aromatic carbocycles. The molecule has 16 heteroatoms. The standard InChI is InChI=1S/C28H32N6O9S/c1-18(29-27(36)42-16-19-3-7-21(8-4-19)33(38)39)30(2)23-11-12-31(14-23)26(35)25-13-24(44)15-32(25)28(37)43-17-20-5-9-22(10-6-20)34(40)41/h3-10,23-25,44H,11-17H2,1-2H3/t23-,24-,25-/m0/s1. The van der Waals surface area contributed by atoms with Gasteiger partial charge in [-0.15, -0.1) is 0 Å². The molecule has 2 aromatic rings. The molecule has 0 unspecified atom stereocenters. The lowest BCUT2D eigenvalue weighted by Crippen LogP contribution is -2.48. The van der Waals surface area contributed by atoms with Gasteiger partial charge in [0.1, 0.15) is 25.1 Å². The number of nitro groups is 2. The second kappa shape index (κ2) is 14.2. The Morgan fingerprint density at radius 1 is 0.955 bits per heavy atom. The zero-order valence-corrected chi connectivity index (χ0v) is 25.0. The topological polar surface area (TPSA) is 178 Å². The molecule has 0 saturated carbocycles. The molecule has 2 fully saturated rings. The third-order valence-corrected chi connectivity index (χ3v) is 7.98. The van der Waals surface area contributed by atoms with Gasteiger partial charge in [-0.3, -0.25) is 29.9 Å². The highest BCUT2D eigenvalue weighted by Gasteiger charge is 2.43. The predicted octanol–water partition coefficient (Wildman–Crippen LogP) is 3.80. The third kappa shape index (κ3) is 8.00. The molecule has 0 bridgehead atoms. The summed E-state index contributed by atoms with van der Waals surface area (Å²) in [4.78, 5) is 68.1. The van der Waals surface area contributed by atoms with E-state index >= 15 is 0 Å². The van der Waals surface area contributed by atoms with Gasteiger partial charge in [0.2, 0.25) is 5.91 Å². The average Bonchev–Trinajstić information content (AvgIpc) is 3.66. The Morgan fingerprint density at radius 3 is 2.05 bits per heavy atom. The van der Waals surface area contributed by atoms with Crippen molar-refractivity contribution in [3.8, 4) is 0 Å². The quantitative estimate of drug-likeness (QED) is 0.149. The van der Waals surface area contributed by atoms with Gasteiger partial charge in [-0.05, 0) is 55.2 Å². The number of nitro benzene ring substituents is 2. The number of non-ortho nitro benzene ring substituents is 2. The van der Waals surface area contributed by atoms with Crippen molar-refractivity contribution in [3.05, 3.63) is 79.9 Å². The molecule has 0 spiro atoms. The molecule has 0 aliphatic carbocycles. The molecular weight excluding hydrogens is 596 g/mol. The van der Waals surface area contributed by atoms with Gasteiger partial charge in [-0.1, -0.05) is 0 Å². The molecule has 3 amide bonds. The number of hydrogen-bond acceptors (Lipinski definition) is 10. The number of benzene rings is 2. The van der Waals surface area contributed by atoms with E-state index in [1.807, 2.05) is 0 Å². The van der Waals surface area contributed by atoms with Crippen molar-refractivity contribution in [3.63, 3.8) is 0 Å². The Morgan fingerprint density at radius 2 is 1.50 bits per heavy atom. The first-order valence-corrected chi connectivity index (χ1v) is 14.3. The minimum Gasteiger partial charge on any atom is -0.445 e. The van der Waals surface area contributed by atoms with Crippen molar-refractivity contribution in [1.29, 1.82) is 0 Å². The van der Waals surface area contributed by atoms with Crippen LogP contribution in [0.15, 0.2) is 53.5 Å². The number of rotatable bonds is 8. The van der Waals surface area contributed by atoms with E-state index in [2.05, 4.69) is 17.6 Å². The van der Waals surface area contributed by atoms with Crippen LogP contribution in [0.3, 0.4) is 0 Å². The molecule has 2 aliphatic rings. The van der Waals surface area contributed by atoms with E-state index < -0.39 is 28.1 Å². The lowest BCUT2D eigenvalue weighted by molar-refractivity contribution is -0.385. The van der Waals surface area contributed by atoms with E-state index in [9.17, 15) is 34.6 Å². The van der Waals surface area contributed by atoms with Crippen LogP contribution in [0, 0.1) is 20.2 Å². The van der Waals surface area contributed by atoms with Gasteiger partial charge in [0.05, 0.1) is 9.85 Å². The third-order valence-electron chi connectivity index (χ3n) is 7.60. The molecule has 4 rings (SSSR count). The summed E-state index contributed by atoms with van der Waals surface area (Å²) in [6.45, 7) is 2.51. The van der Waals surface area contributed by atoms with Gasteiger partial charge in [-0.2, -0.15) is 17.6 Å². The summed E-state index contributed by atoms with van der Waals surface area (Å²) in [7, 11) is 1.77. The van der Waals surface area contributed by atoms with E-state index in [1.165, 1.54) is 53.4 Å². The van der Waals surface area contributed by atoms with Crippen molar-refractivity contribution >= 4 is 47.9 Å². The van der Waals surface area contributed by atoms with Crippen LogP contribution >= 0.6 is 12.6 Å². The maximum Gasteiger partial charge on any atom is 0.435 e. The van der Waals surface area contributed by atoms with Gasteiger partial charge in [0, 0.05) is 62.2 Å². The lowest BCUT2D eigenvalue weighted by atomic mass is 10.2. The van der Waals surface area contributed by atoms with Crippen LogP contribution in [0.1, 0.15) is 30.9 Å². The maximum atomic E-state index is 13.5. The molecule has 3 atom stereocenters. The van der Waals surface area contributed by atoms with E-state index in [4.69, 9.17) is 9.47 Å². The van der Waals surface area contributed by atoms with Crippen LogP contribution in [-0.4, -0.2) is 92.5 Å². The predicted molar refractivity (Wildman–Crippen MR) is 160 cm³/mol. The Balaban J connectivity index is 1.28. The SMILES string of the molecule is CC(=NC(=O)OCc1ccc([N+](=O)[O-])cc1)N(C)[C@H]1CCN(C(=O)[C@@H]2C[C@H](S)CN2C(=O)OCc2ccc([N+](=O)[O-])cc2)C1. The normalized spacial score (nSPS) is 19.9. The zero-order chi connectivity index (χ0) is 32.0. The van der Waals surface area contributed by atoms with E-state index in [-0.39, 0.29) is 48.3 Å². The second-order valence-electron chi connectivity index (χ2n) is 10.5. The van der Waals surface area contributed by atoms with Gasteiger partial charge >= 0.3 is 12.2 Å². The fourth-order valence-corrected chi connectivity index (χ4v) is 5.40. The summed E-state index contributed by atoms with van der Waals surface area (Å²) >= 11 is 4.49. The summed E-state index contributed by atoms with van der Waals surface area (Å²) in [6, 6.07) is 10.4. The Hall–Kier alpha value is -4.73. The van der Waals surface area contributed by atoms with Crippen LogP contribution in [0.5, 0.6) is 0 Å². The molecule has 2 heterocycles. The summed E-state index contributed by atoms with van der Waals surface area (Å²) in [5, 5.41) is 21.4. The van der Waals surface area contributed by atoms with Gasteiger partial charge < -0.3 is 19.3 Å². The van der Waals surface area contributed by atoms with Crippen molar-refractivity contribution in [2.24, 2.45) is 4.99 Å². The Labute approximate surface area is 258 Å². The Bertz CT molecular complexity index is 1440. The van der Waals surface area contributed by atoms with Crippen molar-refractivity contribution in [2.45, 2.75) is 50.3 Å². The number of aliphatic imine (C=N–C) groups is 1. The summed E-state index contributed by atoms with van der Waals surface area (Å²) in [5.41, 5.74) is 1.02. The first-order valence-electron chi connectivity index (χ1n) is 13.7. The Kier molecular flexibility index (Phi) is 10.4. The van der Waals surface area contributed by atoms with Crippen LogP contribution in [0.2, 0.25) is 0 Å². The molecule has 2 aliphatic heterocycles. The molecule has 0 N–H and O–H groups in total. The van der Waals surface area contributed by atoms with Crippen LogP contribution < -0.4 is 0 Å². The monoisotopic (exact) mass is 628 g/mol. The number of ether oxygens (including phenoxy) is 2. The summed E-state index contributed by atoms with van der Waals surface area (Å²) in [5.74, 6) is 0.174. The number of thiol groups is 1. The lowest BCUT2D eigenvalue weighted by Gasteiger charge is -2.29. The number of likely N-dealkylation sites (N-methyl/N-ethyl adjacent to an activating group) is 1. The number of amides is 3. The smallest absolute Gasteiger partial charge is 0.435 e. The molecule has 44 heavy (non-hydrogen) atoms. The highest BCUT2D eigenvalue weighted by molar-refractivity contribution is 7.81. The molecule has 234 valence electrons. The zero-order valence-electron chi connectivity index (χ0n) is 24.1. The maximum absolute atomic E-state index is 13.5. The fraction of sp³-hybridized carbons (Fsp3) is 0.429. The molecule has 2 saturated heterocycles. The van der Waals surface area contributed by atoms with E-state index in [0.717, 1.165) is 0 Å². The summed E-state index contributed by atoms with van der Waals surface area (Å²) in [6.07, 6.45) is -0.491. The first kappa shape index (κ1) is 32.2. The number of hydrogen-bond donors (Lipinski definition) is 1. The molecular formula is C28H32N6O9S. The van der Waals surface area contributed by atoms with Crippen molar-refractivity contribution in [2.75, 3.05) is 26.7 Å². The first-order chi connectivity index (χ1) is 20.9. The van der Waals surface area contributed by atoms with Gasteiger partial charge in [-0.25, -0.2) is 9.59 Å². The van der Waals surface area contributed by atoms with Crippen LogP contribution in [0.4, 0.5) is 21.0 Å². The van der Waals surface area contributed by atoms with Crippen molar-refractivity contribution in [1.82, 2.24) is 14.7 Å². The molecule has 0 radical (unpaired) electrons. The van der Waals surface area contributed by atoms with Crippen LogP contribution in [0.25, 0.3) is 0 Å². The number of amidine groups is 1. The van der Waals surface area contributed by atoms with Gasteiger partial charge in [0.25, 0.3) is 11.4 Å². The minimum absolute atomic E-state index is 0.0645. The van der Waals surface area contributed by atoms with Gasteiger partial charge in [0.15, 0.2) is 0 Å². The molecule has 15 nitrogen and oxygen atoms in total. The van der Waals surface area contributed by atoms with E-state index in [0.29, 0.717) is 42.9 Å². The van der Waals surface area contributed by atoms with E-state index in [1.54, 1.807) is 23.8 Å². The highest BCUT2D eigenvalue weighted by atomic mass is 32.1. The largest absolute Gasteiger partial charge is 0.445 e. The second-order valence-corrected chi connectivity index (χ2v) is 11.2. The number of carbonyl (C=O) groups excluding carboxylic acids is 3. The number of likely N-dealkylation sites (tertiary alicyclic amines) is 2. The molecule has 0 aromatic heterocycles. The average molecular weight is 629 g/mol. The summed E-state index contributed by atoms with van der Waals surface area (Å²) < 4.78 is 10.6. The number of carbonyl (C=O) groups is 3. The van der Waals surface area contributed by atoms with Crippen LogP contribution in [-0.2, 0) is 27.5 Å².